The highest BCUT2D eigenvalue weighted by atomic mass is 16.6. The average Bonchev–Trinajstić information content (AvgIpc) is 2.68. The maximum absolute atomic E-state index is 11.4. The Labute approximate surface area is 76.7 Å². The van der Waals surface area contributed by atoms with Gasteiger partial charge in [0.2, 0.25) is 0 Å². The van der Waals surface area contributed by atoms with E-state index in [0.29, 0.717) is 17.8 Å². The van der Waals surface area contributed by atoms with E-state index in [1.54, 1.807) is 0 Å². The molecule has 13 heavy (non-hydrogen) atoms. The first-order chi connectivity index (χ1) is 6.24. The molecule has 2 bridgehead atoms. The minimum atomic E-state index is -0.117. The molecule has 0 amide bonds. The molecule has 2 saturated carbocycles. The van der Waals surface area contributed by atoms with Crippen LogP contribution in [0.3, 0.4) is 0 Å². The summed E-state index contributed by atoms with van der Waals surface area (Å²) < 4.78 is 5.29. The molecular weight excluding hydrogens is 166 g/mol. The monoisotopic (exact) mass is 177 g/mol. The lowest BCUT2D eigenvalue weighted by Crippen LogP contribution is -2.30. The van der Waals surface area contributed by atoms with Crippen LogP contribution in [0.2, 0.25) is 0 Å². The summed E-state index contributed by atoms with van der Waals surface area (Å²) in [4.78, 5) is 11.4. The highest BCUT2D eigenvalue weighted by Crippen LogP contribution is 2.59. The van der Waals surface area contributed by atoms with Crippen molar-refractivity contribution < 1.29 is 9.53 Å². The lowest BCUT2D eigenvalue weighted by molar-refractivity contribution is -0.144. The molecule has 3 nitrogen and oxygen atoms in total. The first kappa shape index (κ1) is 7.37. The maximum Gasteiger partial charge on any atom is 0.311 e. The third-order valence-electron chi connectivity index (χ3n) is 4.14. The SMILES string of the molecule is CC1C2OC(=O)C3C2C[C@@H]1C3C#N. The van der Waals surface area contributed by atoms with Crippen molar-refractivity contribution in [3.8, 4) is 6.07 Å². The number of ether oxygens (including phenoxy) is 1. The summed E-state index contributed by atoms with van der Waals surface area (Å²) in [6.45, 7) is 2.11. The van der Waals surface area contributed by atoms with Gasteiger partial charge in [0.05, 0.1) is 17.9 Å². The number of carbonyl (C=O) groups excluding carboxylic acids is 1. The Morgan fingerprint density at radius 1 is 1.54 bits per heavy atom. The molecule has 0 spiro atoms. The van der Waals surface area contributed by atoms with Crippen molar-refractivity contribution in [1.29, 1.82) is 5.26 Å². The summed E-state index contributed by atoms with van der Waals surface area (Å²) in [5.74, 6) is 0.904. The summed E-state index contributed by atoms with van der Waals surface area (Å²) in [5, 5.41) is 8.99. The van der Waals surface area contributed by atoms with Crippen molar-refractivity contribution in [2.75, 3.05) is 0 Å². The molecule has 0 N–H and O–H groups in total. The quantitative estimate of drug-likeness (QED) is 0.518. The summed E-state index contributed by atoms with van der Waals surface area (Å²) >= 11 is 0. The number of fused-ring (bicyclic) bond motifs is 1. The molecule has 5 unspecified atom stereocenters. The fourth-order valence-electron chi connectivity index (χ4n) is 3.56. The van der Waals surface area contributed by atoms with Crippen LogP contribution in [-0.2, 0) is 9.53 Å². The third kappa shape index (κ3) is 0.644. The largest absolute Gasteiger partial charge is 0.461 e. The van der Waals surface area contributed by atoms with Crippen LogP contribution in [0.15, 0.2) is 0 Å². The molecular formula is C10H11NO2. The van der Waals surface area contributed by atoms with E-state index in [0.717, 1.165) is 6.42 Å². The van der Waals surface area contributed by atoms with Crippen molar-refractivity contribution in [3.05, 3.63) is 0 Å². The van der Waals surface area contributed by atoms with Gasteiger partial charge in [-0.2, -0.15) is 5.26 Å². The Morgan fingerprint density at radius 2 is 2.31 bits per heavy atom. The lowest BCUT2D eigenvalue weighted by atomic mass is 9.76. The number of carbonyl (C=O) groups is 1. The normalized spacial score (nSPS) is 56.5. The second kappa shape index (κ2) is 2.06. The van der Waals surface area contributed by atoms with E-state index in [1.165, 1.54) is 0 Å². The fourth-order valence-corrected chi connectivity index (χ4v) is 3.56. The fraction of sp³-hybridized carbons (Fsp3) is 0.800. The van der Waals surface area contributed by atoms with Gasteiger partial charge in [-0.1, -0.05) is 6.92 Å². The van der Waals surface area contributed by atoms with Crippen LogP contribution in [0.1, 0.15) is 13.3 Å². The molecule has 68 valence electrons. The van der Waals surface area contributed by atoms with Crippen molar-refractivity contribution >= 4 is 5.97 Å². The Kier molecular flexibility index (Phi) is 1.17. The van der Waals surface area contributed by atoms with Gasteiger partial charge in [-0.25, -0.2) is 0 Å². The molecule has 1 heterocycles. The topological polar surface area (TPSA) is 50.1 Å². The Morgan fingerprint density at radius 3 is 3.00 bits per heavy atom. The molecule has 1 saturated heterocycles. The number of nitriles is 1. The summed E-state index contributed by atoms with van der Waals surface area (Å²) in [6.07, 6.45) is 1.16. The van der Waals surface area contributed by atoms with Crippen molar-refractivity contribution in [2.45, 2.75) is 19.4 Å². The molecule has 0 aromatic rings. The van der Waals surface area contributed by atoms with E-state index in [2.05, 4.69) is 13.0 Å². The van der Waals surface area contributed by atoms with Gasteiger partial charge in [0, 0.05) is 5.92 Å². The smallest absolute Gasteiger partial charge is 0.311 e. The Balaban J connectivity index is 2.07. The summed E-state index contributed by atoms with van der Waals surface area (Å²) in [5.41, 5.74) is 0. The highest BCUT2D eigenvalue weighted by Gasteiger charge is 2.65. The summed E-state index contributed by atoms with van der Waals surface area (Å²) in [7, 11) is 0. The van der Waals surface area contributed by atoms with E-state index in [-0.39, 0.29) is 23.9 Å². The molecule has 6 atom stereocenters. The predicted molar refractivity (Wildman–Crippen MR) is 43.2 cm³/mol. The van der Waals surface area contributed by atoms with E-state index in [1.807, 2.05) is 0 Å². The first-order valence-corrected chi connectivity index (χ1v) is 4.84. The van der Waals surface area contributed by atoms with Crippen LogP contribution in [0, 0.1) is 40.9 Å². The van der Waals surface area contributed by atoms with Gasteiger partial charge in [0.15, 0.2) is 0 Å². The van der Waals surface area contributed by atoms with Crippen molar-refractivity contribution in [3.63, 3.8) is 0 Å². The number of esters is 1. The molecule has 0 aromatic carbocycles. The minimum Gasteiger partial charge on any atom is -0.461 e. The van der Waals surface area contributed by atoms with Gasteiger partial charge in [0.25, 0.3) is 0 Å². The van der Waals surface area contributed by atoms with Crippen LogP contribution in [0.5, 0.6) is 0 Å². The molecule has 2 aliphatic carbocycles. The maximum atomic E-state index is 11.4. The van der Waals surface area contributed by atoms with Crippen LogP contribution < -0.4 is 0 Å². The number of rotatable bonds is 0. The van der Waals surface area contributed by atoms with E-state index in [4.69, 9.17) is 10.00 Å². The van der Waals surface area contributed by atoms with Crippen molar-refractivity contribution in [2.24, 2.45) is 29.6 Å². The Bertz CT molecular complexity index is 319. The molecule has 1 aliphatic heterocycles. The van der Waals surface area contributed by atoms with Gasteiger partial charge in [0.1, 0.15) is 6.10 Å². The number of hydrogen-bond donors (Lipinski definition) is 0. The van der Waals surface area contributed by atoms with Gasteiger partial charge >= 0.3 is 5.97 Å². The predicted octanol–water partition coefficient (Wildman–Crippen LogP) is 0.954. The summed E-state index contributed by atoms with van der Waals surface area (Å²) in [6, 6.07) is 2.28. The van der Waals surface area contributed by atoms with Crippen LogP contribution in [0.4, 0.5) is 0 Å². The molecule has 3 rings (SSSR count). The van der Waals surface area contributed by atoms with Gasteiger partial charge in [-0.15, -0.1) is 0 Å². The van der Waals surface area contributed by atoms with Crippen LogP contribution in [0.25, 0.3) is 0 Å². The standard InChI is InChI=1S/C10H11NO2/c1-4-5-2-6-8(7(5)3-11)10(12)13-9(4)6/h4-9H,2H2,1H3/t4?,5-,6?,7?,8?,9?/m0/s1. The molecule has 0 radical (unpaired) electrons. The van der Waals surface area contributed by atoms with Gasteiger partial charge in [-0.05, 0) is 18.3 Å². The van der Waals surface area contributed by atoms with Gasteiger partial charge in [-0.3, -0.25) is 4.79 Å². The first-order valence-electron chi connectivity index (χ1n) is 4.84. The second-order valence-electron chi connectivity index (χ2n) is 4.50. The van der Waals surface area contributed by atoms with Gasteiger partial charge < -0.3 is 4.74 Å². The second-order valence-corrected chi connectivity index (χ2v) is 4.50. The molecule has 3 fully saturated rings. The molecule has 0 aromatic heterocycles. The number of nitrogens with zero attached hydrogens (tertiary/aromatic N) is 1. The zero-order valence-electron chi connectivity index (χ0n) is 7.43. The van der Waals surface area contributed by atoms with E-state index in [9.17, 15) is 4.79 Å². The lowest BCUT2D eigenvalue weighted by Gasteiger charge is -2.24. The zero-order chi connectivity index (χ0) is 9.16. The molecule has 3 aliphatic rings. The average molecular weight is 177 g/mol. The highest BCUT2D eigenvalue weighted by molar-refractivity contribution is 5.77. The minimum absolute atomic E-state index is 0.0637. The van der Waals surface area contributed by atoms with Crippen LogP contribution >= 0.6 is 0 Å². The van der Waals surface area contributed by atoms with Crippen LogP contribution in [-0.4, -0.2) is 12.1 Å². The van der Waals surface area contributed by atoms with Crippen molar-refractivity contribution in [1.82, 2.24) is 0 Å². The molecule has 3 heteroatoms. The Hall–Kier alpha value is -1.04. The van der Waals surface area contributed by atoms with E-state index < -0.39 is 0 Å². The third-order valence-corrected chi connectivity index (χ3v) is 4.14. The van der Waals surface area contributed by atoms with E-state index >= 15 is 0 Å². The zero-order valence-corrected chi connectivity index (χ0v) is 7.43. The number of hydrogen-bond acceptors (Lipinski definition) is 3.